The maximum Gasteiger partial charge on any atom is 0.242 e. The lowest BCUT2D eigenvalue weighted by molar-refractivity contribution is -0.119. The van der Waals surface area contributed by atoms with E-state index in [0.717, 1.165) is 19.6 Å². The first-order valence-electron chi connectivity index (χ1n) is 7.76. The number of furan rings is 1. The molecule has 7 nitrogen and oxygen atoms in total. The van der Waals surface area contributed by atoms with E-state index in [1.807, 2.05) is 0 Å². The normalized spacial score (nSPS) is 19.3. The van der Waals surface area contributed by atoms with Crippen LogP contribution in [0.4, 0.5) is 0 Å². The van der Waals surface area contributed by atoms with Crippen molar-refractivity contribution < 1.29 is 9.21 Å². The summed E-state index contributed by atoms with van der Waals surface area (Å²) in [6, 6.07) is 4.09. The third-order valence-corrected chi connectivity index (χ3v) is 3.86. The Bertz CT molecular complexity index is 486. The van der Waals surface area contributed by atoms with Crippen LogP contribution in [-0.2, 0) is 11.3 Å². The number of nitrogens with one attached hydrogen (secondary N) is 2. The van der Waals surface area contributed by atoms with Crippen molar-refractivity contribution in [2.24, 2.45) is 10.7 Å². The molecule has 1 saturated heterocycles. The van der Waals surface area contributed by atoms with E-state index >= 15 is 0 Å². The van der Waals surface area contributed by atoms with Gasteiger partial charge in [-0.1, -0.05) is 6.92 Å². The number of carbonyl (C=O) groups is 1. The van der Waals surface area contributed by atoms with Crippen molar-refractivity contribution in [3.63, 3.8) is 0 Å². The molecule has 1 atom stereocenters. The summed E-state index contributed by atoms with van der Waals surface area (Å²) < 4.78 is 5.13. The van der Waals surface area contributed by atoms with Gasteiger partial charge in [-0.25, -0.2) is 4.99 Å². The third-order valence-electron chi connectivity index (χ3n) is 3.86. The molecule has 1 aliphatic rings. The van der Waals surface area contributed by atoms with Crippen molar-refractivity contribution in [1.82, 2.24) is 15.5 Å². The van der Waals surface area contributed by atoms with Gasteiger partial charge in [-0.15, -0.1) is 0 Å². The molecule has 1 unspecified atom stereocenters. The molecular formula is C15H25N5O2. The average Bonchev–Trinajstić information content (AvgIpc) is 3.19. The molecule has 0 saturated carbocycles. The molecule has 0 radical (unpaired) electrons. The minimum Gasteiger partial charge on any atom is -0.467 e. The van der Waals surface area contributed by atoms with Crippen LogP contribution in [0, 0.1) is 0 Å². The maximum atomic E-state index is 11.7. The number of likely N-dealkylation sites (tertiary alicyclic amines) is 1. The minimum absolute atomic E-state index is 0.0156. The summed E-state index contributed by atoms with van der Waals surface area (Å²) in [5.74, 6) is 0.845. The number of aliphatic imine (C=N–C) groups is 1. The Labute approximate surface area is 130 Å². The smallest absolute Gasteiger partial charge is 0.242 e. The first-order chi connectivity index (χ1) is 10.7. The Balaban J connectivity index is 1.65. The van der Waals surface area contributed by atoms with Crippen LogP contribution >= 0.6 is 0 Å². The van der Waals surface area contributed by atoms with Crippen LogP contribution in [0.5, 0.6) is 0 Å². The topological polar surface area (TPSA) is 95.9 Å². The van der Waals surface area contributed by atoms with Gasteiger partial charge in [0.25, 0.3) is 0 Å². The SMILES string of the molecule is CCN1CCCC1CNC(N)=NCC(=O)NCc1ccco1. The van der Waals surface area contributed by atoms with Crippen molar-refractivity contribution in [1.29, 1.82) is 0 Å². The molecule has 0 aromatic carbocycles. The fourth-order valence-corrected chi connectivity index (χ4v) is 2.63. The van der Waals surface area contributed by atoms with Gasteiger partial charge in [0.2, 0.25) is 5.91 Å². The van der Waals surface area contributed by atoms with Crippen LogP contribution in [0.3, 0.4) is 0 Å². The number of nitrogens with two attached hydrogens (primary N) is 1. The summed E-state index contributed by atoms with van der Waals surface area (Å²) in [7, 11) is 0. The average molecular weight is 307 g/mol. The highest BCUT2D eigenvalue weighted by Crippen LogP contribution is 2.15. The second-order valence-corrected chi connectivity index (χ2v) is 5.36. The highest BCUT2D eigenvalue weighted by Gasteiger charge is 2.22. The summed E-state index contributed by atoms with van der Waals surface area (Å²) in [5, 5.41) is 5.82. The molecule has 4 N–H and O–H groups in total. The molecule has 0 aliphatic carbocycles. The van der Waals surface area contributed by atoms with Gasteiger partial charge >= 0.3 is 0 Å². The molecule has 1 aromatic heterocycles. The molecule has 2 rings (SSSR count). The number of guanidine groups is 1. The second kappa shape index (κ2) is 8.43. The first-order valence-corrected chi connectivity index (χ1v) is 7.76. The first kappa shape index (κ1) is 16.4. The monoisotopic (exact) mass is 307 g/mol. The fraction of sp³-hybridized carbons (Fsp3) is 0.600. The van der Waals surface area contributed by atoms with Crippen LogP contribution in [-0.4, -0.2) is 49.0 Å². The number of rotatable bonds is 7. The lowest BCUT2D eigenvalue weighted by Crippen LogP contribution is -2.43. The molecule has 22 heavy (non-hydrogen) atoms. The van der Waals surface area contributed by atoms with Crippen LogP contribution < -0.4 is 16.4 Å². The maximum absolute atomic E-state index is 11.7. The predicted octanol–water partition coefficient (Wildman–Crippen LogP) is 0.284. The highest BCUT2D eigenvalue weighted by atomic mass is 16.3. The number of amides is 1. The molecule has 0 spiro atoms. The molecule has 1 fully saturated rings. The zero-order valence-electron chi connectivity index (χ0n) is 13.0. The van der Waals surface area contributed by atoms with E-state index < -0.39 is 0 Å². The van der Waals surface area contributed by atoms with E-state index in [0.29, 0.717) is 24.3 Å². The zero-order chi connectivity index (χ0) is 15.8. The Kier molecular flexibility index (Phi) is 6.27. The molecular weight excluding hydrogens is 282 g/mol. The highest BCUT2D eigenvalue weighted by molar-refractivity contribution is 5.83. The predicted molar refractivity (Wildman–Crippen MR) is 85.3 cm³/mol. The summed E-state index contributed by atoms with van der Waals surface area (Å²) >= 11 is 0. The van der Waals surface area contributed by atoms with E-state index in [9.17, 15) is 4.79 Å². The van der Waals surface area contributed by atoms with Crippen molar-refractivity contribution in [3.8, 4) is 0 Å². The molecule has 2 heterocycles. The van der Waals surface area contributed by atoms with Gasteiger partial charge in [0.1, 0.15) is 12.3 Å². The number of nitrogens with zero attached hydrogens (tertiary/aromatic N) is 2. The Morgan fingerprint density at radius 2 is 2.41 bits per heavy atom. The van der Waals surface area contributed by atoms with Crippen molar-refractivity contribution in [2.75, 3.05) is 26.2 Å². The van der Waals surface area contributed by atoms with Gasteiger partial charge in [0.05, 0.1) is 12.8 Å². The number of likely N-dealkylation sites (N-methyl/N-ethyl adjacent to an activating group) is 1. The summed E-state index contributed by atoms with van der Waals surface area (Å²) in [5.41, 5.74) is 5.80. The number of carbonyl (C=O) groups excluding carboxylic acids is 1. The molecule has 122 valence electrons. The van der Waals surface area contributed by atoms with E-state index in [-0.39, 0.29) is 12.5 Å². The van der Waals surface area contributed by atoms with Gasteiger partial charge in [0.15, 0.2) is 5.96 Å². The van der Waals surface area contributed by atoms with Gasteiger partial charge in [0, 0.05) is 12.6 Å². The van der Waals surface area contributed by atoms with Gasteiger partial charge in [-0.05, 0) is 38.1 Å². The van der Waals surface area contributed by atoms with Crippen molar-refractivity contribution >= 4 is 11.9 Å². The van der Waals surface area contributed by atoms with E-state index in [1.165, 1.54) is 12.8 Å². The minimum atomic E-state index is -0.183. The number of hydrogen-bond acceptors (Lipinski definition) is 4. The van der Waals surface area contributed by atoms with Crippen LogP contribution in [0.25, 0.3) is 0 Å². The lowest BCUT2D eigenvalue weighted by Gasteiger charge is -2.23. The lowest BCUT2D eigenvalue weighted by atomic mass is 10.2. The van der Waals surface area contributed by atoms with Crippen molar-refractivity contribution in [2.45, 2.75) is 32.4 Å². The van der Waals surface area contributed by atoms with Gasteiger partial charge in [-0.3, -0.25) is 9.69 Å². The van der Waals surface area contributed by atoms with E-state index in [2.05, 4.69) is 27.4 Å². The Morgan fingerprint density at radius 1 is 1.55 bits per heavy atom. The number of hydrogen-bond donors (Lipinski definition) is 3. The standard InChI is InChI=1S/C15H25N5O2/c1-2-20-7-3-5-12(20)9-18-15(16)19-11-14(21)17-10-13-6-4-8-22-13/h4,6,8,12H,2-3,5,7,9-11H2,1H3,(H,17,21)(H3,16,18,19). The molecule has 1 aliphatic heterocycles. The Hall–Kier alpha value is -2.02. The van der Waals surface area contributed by atoms with Crippen LogP contribution in [0.1, 0.15) is 25.5 Å². The van der Waals surface area contributed by atoms with Crippen LogP contribution in [0.15, 0.2) is 27.8 Å². The quantitative estimate of drug-likeness (QED) is 0.497. The second-order valence-electron chi connectivity index (χ2n) is 5.36. The fourth-order valence-electron chi connectivity index (χ4n) is 2.63. The molecule has 7 heteroatoms. The summed E-state index contributed by atoms with van der Waals surface area (Å²) in [4.78, 5) is 18.1. The summed E-state index contributed by atoms with van der Waals surface area (Å²) in [6.45, 7) is 5.52. The Morgan fingerprint density at radius 3 is 3.14 bits per heavy atom. The van der Waals surface area contributed by atoms with Gasteiger partial charge in [-0.2, -0.15) is 0 Å². The van der Waals surface area contributed by atoms with Crippen molar-refractivity contribution in [3.05, 3.63) is 24.2 Å². The molecule has 1 amide bonds. The van der Waals surface area contributed by atoms with E-state index in [4.69, 9.17) is 10.2 Å². The zero-order valence-corrected chi connectivity index (χ0v) is 13.0. The third kappa shape index (κ3) is 5.07. The summed E-state index contributed by atoms with van der Waals surface area (Å²) in [6.07, 6.45) is 3.98. The molecule has 1 aromatic rings. The van der Waals surface area contributed by atoms with Crippen LogP contribution in [0.2, 0.25) is 0 Å². The van der Waals surface area contributed by atoms with E-state index in [1.54, 1.807) is 18.4 Å². The van der Waals surface area contributed by atoms with Gasteiger partial charge < -0.3 is 20.8 Å². The largest absolute Gasteiger partial charge is 0.467 e. The molecule has 0 bridgehead atoms.